The molecule has 1 aromatic heterocycles. The van der Waals surface area contributed by atoms with Crippen LogP contribution in [0, 0.1) is 0 Å². The summed E-state index contributed by atoms with van der Waals surface area (Å²) in [4.78, 5) is 0. The average molecular weight is 310 g/mol. The van der Waals surface area contributed by atoms with E-state index in [0.29, 0.717) is 17.0 Å². The summed E-state index contributed by atoms with van der Waals surface area (Å²) in [6.07, 6.45) is 1.24. The number of hydrogen-bond donors (Lipinski definition) is 1. The third-order valence-electron chi connectivity index (χ3n) is 2.47. The number of rotatable bonds is 5. The molecule has 0 bridgehead atoms. The highest BCUT2D eigenvalue weighted by Gasteiger charge is 2.28. The van der Waals surface area contributed by atoms with Gasteiger partial charge in [-0.05, 0) is 41.5 Å². The van der Waals surface area contributed by atoms with Crippen molar-refractivity contribution in [1.82, 2.24) is 5.32 Å². The molecule has 16 heavy (non-hydrogen) atoms. The lowest BCUT2D eigenvalue weighted by Gasteiger charge is -2.21. The van der Waals surface area contributed by atoms with E-state index in [-0.39, 0.29) is 6.04 Å². The van der Waals surface area contributed by atoms with Gasteiger partial charge in [0, 0.05) is 6.26 Å². The highest BCUT2D eigenvalue weighted by atomic mass is 79.9. The summed E-state index contributed by atoms with van der Waals surface area (Å²) in [6, 6.07) is 3.22. The van der Waals surface area contributed by atoms with Crippen molar-refractivity contribution in [3.05, 3.63) is 22.6 Å². The van der Waals surface area contributed by atoms with Gasteiger partial charge in [0.15, 0.2) is 14.5 Å². The van der Waals surface area contributed by atoms with Crippen LogP contribution in [0.4, 0.5) is 0 Å². The number of nitrogens with one attached hydrogen (secondary N) is 1. The van der Waals surface area contributed by atoms with Gasteiger partial charge in [0.05, 0.1) is 11.3 Å². The summed E-state index contributed by atoms with van der Waals surface area (Å²) in [7, 11) is -3.10. The Morgan fingerprint density at radius 2 is 2.12 bits per heavy atom. The van der Waals surface area contributed by atoms with Gasteiger partial charge in [-0.2, -0.15) is 0 Å². The molecule has 0 fully saturated rings. The second-order valence-electron chi connectivity index (χ2n) is 3.71. The summed E-state index contributed by atoms with van der Waals surface area (Å²) in [6.45, 7) is 4.29. The summed E-state index contributed by atoms with van der Waals surface area (Å²) in [5.41, 5.74) is 0. The lowest BCUT2D eigenvalue weighted by atomic mass is 10.1. The smallest absolute Gasteiger partial charge is 0.169 e. The van der Waals surface area contributed by atoms with Crippen LogP contribution in [0.15, 0.2) is 21.2 Å². The summed E-state index contributed by atoms with van der Waals surface area (Å²) in [5, 5.41) is 2.60. The van der Waals surface area contributed by atoms with Crippen LogP contribution in [0.2, 0.25) is 0 Å². The number of sulfone groups is 1. The van der Waals surface area contributed by atoms with Crippen molar-refractivity contribution >= 4 is 25.8 Å². The van der Waals surface area contributed by atoms with E-state index < -0.39 is 15.1 Å². The standard InChI is InChI=1S/C10H16BrNO3S/c1-4-12-10(7(2)16(3,13)14)8-5-6-9(11)15-8/h5-7,10,12H,4H2,1-3H3. The molecule has 1 rings (SSSR count). The maximum Gasteiger partial charge on any atom is 0.169 e. The SMILES string of the molecule is CCNC(c1ccc(Br)o1)C(C)S(C)(=O)=O. The van der Waals surface area contributed by atoms with Crippen LogP contribution in [-0.4, -0.2) is 26.5 Å². The topological polar surface area (TPSA) is 59.3 Å². The zero-order valence-electron chi connectivity index (χ0n) is 9.53. The minimum Gasteiger partial charge on any atom is -0.453 e. The third-order valence-corrected chi connectivity index (χ3v) is 4.52. The zero-order valence-corrected chi connectivity index (χ0v) is 11.9. The molecule has 6 heteroatoms. The Hall–Kier alpha value is -0.330. The molecule has 0 amide bonds. The molecule has 0 aliphatic rings. The van der Waals surface area contributed by atoms with Gasteiger partial charge in [-0.15, -0.1) is 0 Å². The molecule has 0 aliphatic heterocycles. The van der Waals surface area contributed by atoms with Gasteiger partial charge >= 0.3 is 0 Å². The first-order valence-corrected chi connectivity index (χ1v) is 7.78. The molecule has 0 saturated carbocycles. The van der Waals surface area contributed by atoms with E-state index in [9.17, 15) is 8.42 Å². The van der Waals surface area contributed by atoms with Gasteiger partial charge in [-0.3, -0.25) is 0 Å². The highest BCUT2D eigenvalue weighted by Crippen LogP contribution is 2.25. The summed E-state index contributed by atoms with van der Waals surface area (Å²) >= 11 is 3.21. The highest BCUT2D eigenvalue weighted by molar-refractivity contribution is 9.10. The van der Waals surface area contributed by atoms with Gasteiger partial charge in [-0.25, -0.2) is 8.42 Å². The predicted molar refractivity (Wildman–Crippen MR) is 67.1 cm³/mol. The quantitative estimate of drug-likeness (QED) is 0.905. The lowest BCUT2D eigenvalue weighted by molar-refractivity contribution is 0.398. The molecular weight excluding hydrogens is 294 g/mol. The maximum absolute atomic E-state index is 11.5. The molecule has 0 spiro atoms. The lowest BCUT2D eigenvalue weighted by Crippen LogP contribution is -2.34. The number of halogens is 1. The average Bonchev–Trinajstić information content (AvgIpc) is 2.58. The molecule has 2 atom stereocenters. The van der Waals surface area contributed by atoms with Crippen LogP contribution < -0.4 is 5.32 Å². The molecule has 1 aromatic rings. The molecule has 92 valence electrons. The fraction of sp³-hybridized carbons (Fsp3) is 0.600. The third kappa shape index (κ3) is 3.33. The van der Waals surface area contributed by atoms with Crippen molar-refractivity contribution in [3.63, 3.8) is 0 Å². The molecule has 0 aliphatic carbocycles. The second-order valence-corrected chi connectivity index (χ2v) is 6.90. The Bertz CT molecular complexity index is 441. The van der Waals surface area contributed by atoms with E-state index in [1.807, 2.05) is 6.92 Å². The molecule has 0 radical (unpaired) electrons. The molecule has 0 saturated heterocycles. The minimum absolute atomic E-state index is 0.314. The van der Waals surface area contributed by atoms with Gasteiger partial charge in [0.25, 0.3) is 0 Å². The Morgan fingerprint density at radius 1 is 1.50 bits per heavy atom. The van der Waals surface area contributed by atoms with Crippen LogP contribution in [-0.2, 0) is 9.84 Å². The Morgan fingerprint density at radius 3 is 2.50 bits per heavy atom. The summed E-state index contributed by atoms with van der Waals surface area (Å²) < 4.78 is 29.1. The van der Waals surface area contributed by atoms with Crippen LogP contribution in [0.3, 0.4) is 0 Å². The Labute approximate surface area is 104 Å². The molecule has 0 aromatic carbocycles. The van der Waals surface area contributed by atoms with Gasteiger partial charge in [0.1, 0.15) is 5.76 Å². The number of furan rings is 1. The van der Waals surface area contributed by atoms with Crippen LogP contribution in [0.1, 0.15) is 25.6 Å². The van der Waals surface area contributed by atoms with E-state index in [2.05, 4.69) is 21.2 Å². The largest absolute Gasteiger partial charge is 0.453 e. The molecule has 1 heterocycles. The molecule has 1 N–H and O–H groups in total. The Kier molecular flexibility index (Phi) is 4.58. The zero-order chi connectivity index (χ0) is 12.3. The summed E-state index contributed by atoms with van der Waals surface area (Å²) in [5.74, 6) is 0.631. The van der Waals surface area contributed by atoms with Crippen LogP contribution in [0.25, 0.3) is 0 Å². The first-order chi connectivity index (χ1) is 7.36. The first kappa shape index (κ1) is 13.7. The normalized spacial score (nSPS) is 16.0. The minimum atomic E-state index is -3.10. The van der Waals surface area contributed by atoms with Crippen molar-refractivity contribution in [2.24, 2.45) is 0 Å². The van der Waals surface area contributed by atoms with E-state index in [1.165, 1.54) is 6.26 Å². The maximum atomic E-state index is 11.5. The van der Waals surface area contributed by atoms with Gasteiger partial charge < -0.3 is 9.73 Å². The first-order valence-electron chi connectivity index (χ1n) is 5.03. The van der Waals surface area contributed by atoms with E-state index in [0.717, 1.165) is 0 Å². The van der Waals surface area contributed by atoms with Crippen LogP contribution >= 0.6 is 15.9 Å². The Balaban J connectivity index is 3.00. The van der Waals surface area contributed by atoms with E-state index >= 15 is 0 Å². The second kappa shape index (κ2) is 5.33. The molecule has 2 unspecified atom stereocenters. The van der Waals surface area contributed by atoms with E-state index in [1.54, 1.807) is 19.1 Å². The molecule has 4 nitrogen and oxygen atoms in total. The van der Waals surface area contributed by atoms with Gasteiger partial charge in [-0.1, -0.05) is 6.92 Å². The van der Waals surface area contributed by atoms with Crippen molar-refractivity contribution in [3.8, 4) is 0 Å². The monoisotopic (exact) mass is 309 g/mol. The molecular formula is C10H16BrNO3S. The fourth-order valence-corrected chi connectivity index (χ4v) is 2.50. The van der Waals surface area contributed by atoms with Crippen LogP contribution in [0.5, 0.6) is 0 Å². The van der Waals surface area contributed by atoms with Crippen molar-refractivity contribution in [1.29, 1.82) is 0 Å². The number of hydrogen-bond acceptors (Lipinski definition) is 4. The predicted octanol–water partition coefficient (Wildman–Crippen LogP) is 2.13. The van der Waals surface area contributed by atoms with Gasteiger partial charge in [0.2, 0.25) is 0 Å². The van der Waals surface area contributed by atoms with Crippen molar-refractivity contribution in [2.75, 3.05) is 12.8 Å². The fourth-order valence-electron chi connectivity index (χ4n) is 1.46. The van der Waals surface area contributed by atoms with Crippen molar-refractivity contribution < 1.29 is 12.8 Å². The van der Waals surface area contributed by atoms with E-state index in [4.69, 9.17) is 4.42 Å². The van der Waals surface area contributed by atoms with Crippen molar-refractivity contribution in [2.45, 2.75) is 25.1 Å².